The molecule has 1 aromatic heterocycles. The Morgan fingerprint density at radius 2 is 1.95 bits per heavy atom. The first kappa shape index (κ1) is 13.5. The number of nitrogens with one attached hydrogen (secondary N) is 1. The molecule has 102 valence electrons. The highest BCUT2D eigenvalue weighted by Gasteiger charge is 2.05. The van der Waals surface area contributed by atoms with Gasteiger partial charge in [-0.25, -0.2) is 4.39 Å². The molecule has 2 rings (SSSR count). The highest BCUT2D eigenvalue weighted by molar-refractivity contribution is 5.47. The van der Waals surface area contributed by atoms with E-state index in [1.54, 1.807) is 12.1 Å². The molecule has 1 heterocycles. The predicted octanol–water partition coefficient (Wildman–Crippen LogP) is 3.99. The quantitative estimate of drug-likeness (QED) is 0.855. The number of benzene rings is 1. The molecule has 0 spiro atoms. The third kappa shape index (κ3) is 3.50. The summed E-state index contributed by atoms with van der Waals surface area (Å²) in [4.78, 5) is 0. The Morgan fingerprint density at radius 1 is 1.16 bits per heavy atom. The maximum atomic E-state index is 13.6. The molecule has 0 amide bonds. The van der Waals surface area contributed by atoms with E-state index in [4.69, 9.17) is 9.15 Å². The van der Waals surface area contributed by atoms with Crippen LogP contribution in [0.3, 0.4) is 0 Å². The lowest BCUT2D eigenvalue weighted by atomic mass is 10.3. The van der Waals surface area contributed by atoms with Gasteiger partial charge in [0.15, 0.2) is 11.6 Å². The molecule has 0 saturated heterocycles. The fourth-order valence-electron chi connectivity index (χ4n) is 1.78. The number of hydrogen-bond acceptors (Lipinski definition) is 3. The summed E-state index contributed by atoms with van der Waals surface area (Å²) < 4.78 is 24.4. The lowest BCUT2D eigenvalue weighted by Gasteiger charge is -2.08. The van der Waals surface area contributed by atoms with Crippen molar-refractivity contribution < 1.29 is 13.5 Å². The fourth-order valence-corrected chi connectivity index (χ4v) is 1.78. The van der Waals surface area contributed by atoms with Crippen LogP contribution in [0.4, 0.5) is 10.1 Å². The van der Waals surface area contributed by atoms with Crippen LogP contribution in [0.15, 0.2) is 34.7 Å². The van der Waals surface area contributed by atoms with E-state index in [-0.39, 0.29) is 11.6 Å². The number of aryl methyl sites for hydroxylation is 1. The smallest absolute Gasteiger partial charge is 0.167 e. The predicted molar refractivity (Wildman–Crippen MR) is 73.0 cm³/mol. The third-order valence-corrected chi connectivity index (χ3v) is 2.76. The van der Waals surface area contributed by atoms with Crippen LogP contribution in [-0.2, 0) is 13.0 Å². The van der Waals surface area contributed by atoms with E-state index < -0.39 is 0 Å². The topological polar surface area (TPSA) is 34.4 Å². The third-order valence-electron chi connectivity index (χ3n) is 2.76. The largest absolute Gasteiger partial charge is 0.491 e. The summed E-state index contributed by atoms with van der Waals surface area (Å²) in [7, 11) is 0. The number of furan rings is 1. The summed E-state index contributed by atoms with van der Waals surface area (Å²) in [5.74, 6) is 1.71. The number of halogens is 1. The molecule has 0 fully saturated rings. The lowest BCUT2D eigenvalue weighted by molar-refractivity contribution is 0.321. The highest BCUT2D eigenvalue weighted by Crippen LogP contribution is 2.21. The first-order valence-electron chi connectivity index (χ1n) is 6.46. The Morgan fingerprint density at radius 3 is 2.58 bits per heavy atom. The molecule has 0 saturated carbocycles. The number of anilines is 1. The summed E-state index contributed by atoms with van der Waals surface area (Å²) in [6.07, 6.45) is 0.873. The molecule has 0 atom stereocenters. The van der Waals surface area contributed by atoms with Gasteiger partial charge in [0, 0.05) is 18.2 Å². The number of hydrogen-bond donors (Lipinski definition) is 1. The maximum absolute atomic E-state index is 13.6. The Hall–Kier alpha value is -1.97. The van der Waals surface area contributed by atoms with Gasteiger partial charge in [0.2, 0.25) is 0 Å². The Labute approximate surface area is 112 Å². The van der Waals surface area contributed by atoms with Gasteiger partial charge in [-0.2, -0.15) is 0 Å². The molecule has 0 aliphatic rings. The zero-order valence-electron chi connectivity index (χ0n) is 11.2. The molecule has 0 radical (unpaired) electrons. The Balaban J connectivity index is 1.97. The van der Waals surface area contributed by atoms with E-state index in [9.17, 15) is 4.39 Å². The van der Waals surface area contributed by atoms with Crippen LogP contribution in [-0.4, -0.2) is 6.61 Å². The zero-order valence-corrected chi connectivity index (χ0v) is 11.2. The molecular formula is C15H18FNO2. The SMILES string of the molecule is CCOc1ccc(NCc2ccc(CC)o2)cc1F. The van der Waals surface area contributed by atoms with Crippen molar-refractivity contribution in [2.75, 3.05) is 11.9 Å². The summed E-state index contributed by atoms with van der Waals surface area (Å²) in [6.45, 7) is 4.86. The van der Waals surface area contributed by atoms with Crippen LogP contribution >= 0.6 is 0 Å². The molecular weight excluding hydrogens is 245 g/mol. The second kappa shape index (κ2) is 6.27. The zero-order chi connectivity index (χ0) is 13.7. The van der Waals surface area contributed by atoms with Crippen LogP contribution in [0.25, 0.3) is 0 Å². The van der Waals surface area contributed by atoms with Crippen LogP contribution in [0.5, 0.6) is 5.75 Å². The maximum Gasteiger partial charge on any atom is 0.167 e. The second-order valence-electron chi connectivity index (χ2n) is 4.15. The van der Waals surface area contributed by atoms with Crippen molar-refractivity contribution in [3.05, 3.63) is 47.7 Å². The van der Waals surface area contributed by atoms with Gasteiger partial charge in [-0.05, 0) is 31.2 Å². The van der Waals surface area contributed by atoms with Crippen molar-refractivity contribution in [3.63, 3.8) is 0 Å². The minimum atomic E-state index is -0.361. The fraction of sp³-hybridized carbons (Fsp3) is 0.333. The summed E-state index contributed by atoms with van der Waals surface area (Å²) in [5, 5.41) is 3.12. The minimum absolute atomic E-state index is 0.277. The Kier molecular flexibility index (Phi) is 4.44. The van der Waals surface area contributed by atoms with Crippen molar-refractivity contribution in [1.29, 1.82) is 0 Å². The molecule has 0 bridgehead atoms. The monoisotopic (exact) mass is 263 g/mol. The second-order valence-corrected chi connectivity index (χ2v) is 4.15. The number of ether oxygens (including phenoxy) is 1. The molecule has 1 N–H and O–H groups in total. The van der Waals surface area contributed by atoms with E-state index in [1.165, 1.54) is 6.07 Å². The molecule has 2 aromatic rings. The van der Waals surface area contributed by atoms with Crippen molar-refractivity contribution in [3.8, 4) is 5.75 Å². The van der Waals surface area contributed by atoms with Crippen LogP contribution in [0.1, 0.15) is 25.4 Å². The van der Waals surface area contributed by atoms with Crippen LogP contribution < -0.4 is 10.1 Å². The first-order valence-corrected chi connectivity index (χ1v) is 6.46. The van der Waals surface area contributed by atoms with Gasteiger partial charge in [-0.15, -0.1) is 0 Å². The lowest BCUT2D eigenvalue weighted by Crippen LogP contribution is -2.00. The molecule has 0 aliphatic heterocycles. The van der Waals surface area contributed by atoms with E-state index in [0.29, 0.717) is 18.8 Å². The summed E-state index contributed by atoms with van der Waals surface area (Å²) in [5.41, 5.74) is 0.704. The number of rotatable bonds is 6. The van der Waals surface area contributed by atoms with Crippen molar-refractivity contribution in [2.24, 2.45) is 0 Å². The van der Waals surface area contributed by atoms with Gasteiger partial charge < -0.3 is 14.5 Å². The van der Waals surface area contributed by atoms with Gasteiger partial charge >= 0.3 is 0 Å². The van der Waals surface area contributed by atoms with Crippen LogP contribution in [0.2, 0.25) is 0 Å². The first-order chi connectivity index (χ1) is 9.22. The van der Waals surface area contributed by atoms with Gasteiger partial charge in [-0.1, -0.05) is 6.92 Å². The molecule has 0 aliphatic carbocycles. The molecule has 1 aromatic carbocycles. The molecule has 4 heteroatoms. The van der Waals surface area contributed by atoms with Crippen LogP contribution in [0, 0.1) is 5.82 Å². The average molecular weight is 263 g/mol. The minimum Gasteiger partial charge on any atom is -0.491 e. The summed E-state index contributed by atoms with van der Waals surface area (Å²) >= 11 is 0. The Bertz CT molecular complexity index is 537. The van der Waals surface area contributed by atoms with E-state index in [1.807, 2.05) is 26.0 Å². The highest BCUT2D eigenvalue weighted by atomic mass is 19.1. The van der Waals surface area contributed by atoms with E-state index >= 15 is 0 Å². The normalized spacial score (nSPS) is 10.5. The summed E-state index contributed by atoms with van der Waals surface area (Å²) in [6, 6.07) is 8.72. The van der Waals surface area contributed by atoms with Gasteiger partial charge in [0.1, 0.15) is 11.5 Å². The van der Waals surface area contributed by atoms with Crippen molar-refractivity contribution >= 4 is 5.69 Å². The van der Waals surface area contributed by atoms with E-state index in [0.717, 1.165) is 17.9 Å². The standard InChI is InChI=1S/C15H18FNO2/c1-3-12-6-7-13(19-12)10-17-11-5-8-15(18-4-2)14(16)9-11/h5-9,17H,3-4,10H2,1-2H3. The van der Waals surface area contributed by atoms with E-state index in [2.05, 4.69) is 5.32 Å². The molecule has 19 heavy (non-hydrogen) atoms. The molecule has 0 unspecified atom stereocenters. The molecule has 3 nitrogen and oxygen atoms in total. The average Bonchev–Trinajstić information content (AvgIpc) is 2.87. The van der Waals surface area contributed by atoms with Crippen molar-refractivity contribution in [1.82, 2.24) is 0 Å². The van der Waals surface area contributed by atoms with Gasteiger partial charge in [0.25, 0.3) is 0 Å². The van der Waals surface area contributed by atoms with Crippen molar-refractivity contribution in [2.45, 2.75) is 26.8 Å². The van der Waals surface area contributed by atoms with Gasteiger partial charge in [0.05, 0.1) is 13.2 Å². The van der Waals surface area contributed by atoms with Gasteiger partial charge in [-0.3, -0.25) is 0 Å².